The van der Waals surface area contributed by atoms with Crippen LogP contribution in [0.25, 0.3) is 10.9 Å². The number of Topliss-reactive ketones (excluding diaryl/α,β-unsaturated/α-hetero) is 1. The van der Waals surface area contributed by atoms with Crippen molar-refractivity contribution in [1.82, 2.24) is 9.55 Å². The summed E-state index contributed by atoms with van der Waals surface area (Å²) in [5, 5.41) is 11.1. The first kappa shape index (κ1) is 20.0. The molecule has 0 aliphatic rings. The van der Waals surface area contributed by atoms with Crippen molar-refractivity contribution in [1.29, 1.82) is 0 Å². The Morgan fingerprint density at radius 1 is 1.25 bits per heavy atom. The van der Waals surface area contributed by atoms with Gasteiger partial charge in [0.1, 0.15) is 24.2 Å². The van der Waals surface area contributed by atoms with Crippen molar-refractivity contribution < 1.29 is 14.6 Å². The number of hydrogen-bond donors (Lipinski definition) is 1. The van der Waals surface area contributed by atoms with Crippen LogP contribution >= 0.6 is 11.6 Å². The maximum Gasteiger partial charge on any atom is 0.261 e. The molecule has 6 nitrogen and oxygen atoms in total. The molecule has 0 amide bonds. The van der Waals surface area contributed by atoms with E-state index in [1.165, 1.54) is 10.9 Å². The summed E-state index contributed by atoms with van der Waals surface area (Å²) >= 11 is 5.95. The number of aliphatic hydroxyl groups is 1. The number of halogens is 1. The molecule has 1 aromatic heterocycles. The molecule has 1 N–H and O–H groups in total. The van der Waals surface area contributed by atoms with Crippen molar-refractivity contribution in [3.63, 3.8) is 0 Å². The third-order valence-electron chi connectivity index (χ3n) is 4.32. The number of aromatic nitrogens is 2. The molecule has 0 saturated heterocycles. The normalized spacial score (nSPS) is 12.1. The van der Waals surface area contributed by atoms with Crippen LogP contribution in [0.3, 0.4) is 0 Å². The molecule has 0 aliphatic carbocycles. The van der Waals surface area contributed by atoms with Crippen molar-refractivity contribution in [3.8, 4) is 5.75 Å². The van der Waals surface area contributed by atoms with Crippen molar-refractivity contribution in [3.05, 3.63) is 69.7 Å². The number of hydrogen-bond acceptors (Lipinski definition) is 5. The molecule has 0 aliphatic heterocycles. The first-order valence-corrected chi connectivity index (χ1v) is 9.34. The Morgan fingerprint density at radius 2 is 2.00 bits per heavy atom. The van der Waals surface area contributed by atoms with Gasteiger partial charge in [-0.25, -0.2) is 4.98 Å². The fourth-order valence-corrected chi connectivity index (χ4v) is 2.98. The molecule has 3 rings (SSSR count). The summed E-state index contributed by atoms with van der Waals surface area (Å²) in [6.45, 7) is 1.67. The minimum Gasteiger partial charge on any atom is -0.491 e. The second-order valence-electron chi connectivity index (χ2n) is 6.67. The molecule has 7 heteroatoms. The van der Waals surface area contributed by atoms with Crippen LogP contribution in [0.4, 0.5) is 0 Å². The second kappa shape index (κ2) is 8.99. The van der Waals surface area contributed by atoms with Crippen molar-refractivity contribution in [2.45, 2.75) is 32.4 Å². The van der Waals surface area contributed by atoms with Gasteiger partial charge in [0.05, 0.1) is 23.8 Å². The number of aryl methyl sites for hydroxylation is 1. The van der Waals surface area contributed by atoms with Crippen LogP contribution in [0.15, 0.2) is 53.6 Å². The number of carbonyl (C=O) groups excluding carboxylic acids is 1. The molecule has 3 aromatic rings. The van der Waals surface area contributed by atoms with Gasteiger partial charge in [-0.15, -0.1) is 0 Å². The molecular weight excluding hydrogens is 380 g/mol. The topological polar surface area (TPSA) is 81.4 Å². The van der Waals surface area contributed by atoms with E-state index in [1.807, 2.05) is 12.1 Å². The number of ketones is 1. The molecule has 0 spiro atoms. The van der Waals surface area contributed by atoms with E-state index >= 15 is 0 Å². The first-order valence-electron chi connectivity index (χ1n) is 8.96. The van der Waals surface area contributed by atoms with Gasteiger partial charge in [-0.2, -0.15) is 0 Å². The Balaban J connectivity index is 1.59. The van der Waals surface area contributed by atoms with Crippen LogP contribution in [0.1, 0.15) is 18.9 Å². The smallest absolute Gasteiger partial charge is 0.261 e. The van der Waals surface area contributed by atoms with Crippen molar-refractivity contribution in [2.75, 3.05) is 6.61 Å². The summed E-state index contributed by atoms with van der Waals surface area (Å²) in [7, 11) is 0. The molecule has 146 valence electrons. The Labute approximate surface area is 167 Å². The molecule has 1 unspecified atom stereocenters. The van der Waals surface area contributed by atoms with Gasteiger partial charge in [0.25, 0.3) is 5.56 Å². The summed E-state index contributed by atoms with van der Waals surface area (Å²) in [5.74, 6) is 0.769. The number of carbonyl (C=O) groups is 1. The SMILES string of the molecule is CC(=O)CCc1ccc(OCC(O)Cn2cnc3ccc(Cl)cc3c2=O)cc1. The molecule has 1 heterocycles. The van der Waals surface area contributed by atoms with Crippen LogP contribution < -0.4 is 10.3 Å². The second-order valence-corrected chi connectivity index (χ2v) is 7.11. The lowest BCUT2D eigenvalue weighted by molar-refractivity contribution is -0.116. The minimum absolute atomic E-state index is 0.0345. The highest BCUT2D eigenvalue weighted by Crippen LogP contribution is 2.15. The average molecular weight is 401 g/mol. The Bertz CT molecular complexity index is 1030. The first-order chi connectivity index (χ1) is 13.4. The Hall–Kier alpha value is -2.70. The summed E-state index contributed by atoms with van der Waals surface area (Å²) in [6.07, 6.45) is 1.73. The summed E-state index contributed by atoms with van der Waals surface area (Å²) in [4.78, 5) is 27.8. The van der Waals surface area contributed by atoms with E-state index in [9.17, 15) is 14.7 Å². The third-order valence-corrected chi connectivity index (χ3v) is 4.56. The third kappa shape index (κ3) is 5.18. The highest BCUT2D eigenvalue weighted by molar-refractivity contribution is 6.31. The maximum absolute atomic E-state index is 12.5. The van der Waals surface area contributed by atoms with Crippen molar-refractivity contribution >= 4 is 28.3 Å². The zero-order valence-electron chi connectivity index (χ0n) is 15.5. The van der Waals surface area contributed by atoms with Gasteiger partial charge in [0.15, 0.2) is 0 Å². The van der Waals surface area contributed by atoms with Gasteiger partial charge < -0.3 is 14.6 Å². The van der Waals surface area contributed by atoms with E-state index in [4.69, 9.17) is 16.3 Å². The summed E-state index contributed by atoms with van der Waals surface area (Å²) < 4.78 is 6.94. The van der Waals surface area contributed by atoms with Crippen LogP contribution in [0.5, 0.6) is 5.75 Å². The molecule has 0 bridgehead atoms. The summed E-state index contributed by atoms with van der Waals surface area (Å²) in [5.41, 5.74) is 1.35. The molecule has 0 saturated carbocycles. The molecule has 0 radical (unpaired) electrons. The lowest BCUT2D eigenvalue weighted by atomic mass is 10.1. The lowest BCUT2D eigenvalue weighted by Crippen LogP contribution is -2.30. The highest BCUT2D eigenvalue weighted by Gasteiger charge is 2.11. The zero-order chi connectivity index (χ0) is 20.1. The zero-order valence-corrected chi connectivity index (χ0v) is 16.2. The molecule has 0 fully saturated rings. The standard InChI is InChI=1S/C21H21ClN2O4/c1-14(25)2-3-15-4-7-18(8-5-15)28-12-17(26)11-24-13-23-20-9-6-16(22)10-19(20)21(24)27/h4-10,13,17,26H,2-3,11-12H2,1H3. The Morgan fingerprint density at radius 3 is 2.71 bits per heavy atom. The quantitative estimate of drug-likeness (QED) is 0.628. The van der Waals surface area contributed by atoms with E-state index < -0.39 is 6.10 Å². The Kier molecular flexibility index (Phi) is 6.44. The molecule has 28 heavy (non-hydrogen) atoms. The van der Waals surface area contributed by atoms with E-state index in [0.717, 1.165) is 5.56 Å². The van der Waals surface area contributed by atoms with Gasteiger partial charge in [-0.1, -0.05) is 23.7 Å². The number of aliphatic hydroxyl groups excluding tert-OH is 1. The van der Waals surface area contributed by atoms with E-state index in [2.05, 4.69) is 4.98 Å². The van der Waals surface area contributed by atoms with E-state index in [1.54, 1.807) is 37.3 Å². The number of ether oxygens (including phenoxy) is 1. The monoisotopic (exact) mass is 400 g/mol. The fraction of sp³-hybridized carbons (Fsp3) is 0.286. The van der Waals surface area contributed by atoms with Gasteiger partial charge in [0, 0.05) is 11.4 Å². The predicted octanol–water partition coefficient (Wildman–Crippen LogP) is 3.01. The van der Waals surface area contributed by atoms with Crippen LogP contribution in [-0.4, -0.2) is 33.2 Å². The fourth-order valence-electron chi connectivity index (χ4n) is 2.81. The average Bonchev–Trinajstić information content (AvgIpc) is 2.68. The number of benzene rings is 2. The van der Waals surface area contributed by atoms with Gasteiger partial charge in [-0.3, -0.25) is 9.36 Å². The van der Waals surface area contributed by atoms with Crippen LogP contribution in [0, 0.1) is 0 Å². The number of rotatable bonds is 8. The number of fused-ring (bicyclic) bond motifs is 1. The highest BCUT2D eigenvalue weighted by atomic mass is 35.5. The van der Waals surface area contributed by atoms with Gasteiger partial charge >= 0.3 is 0 Å². The minimum atomic E-state index is -0.881. The van der Waals surface area contributed by atoms with Gasteiger partial charge in [-0.05, 0) is 49.2 Å². The van der Waals surface area contributed by atoms with Gasteiger partial charge in [0.2, 0.25) is 0 Å². The van der Waals surface area contributed by atoms with Crippen LogP contribution in [0.2, 0.25) is 5.02 Å². The predicted molar refractivity (Wildman–Crippen MR) is 108 cm³/mol. The van der Waals surface area contributed by atoms with Crippen LogP contribution in [-0.2, 0) is 17.8 Å². The molecular formula is C21H21ClN2O4. The lowest BCUT2D eigenvalue weighted by Gasteiger charge is -2.14. The largest absolute Gasteiger partial charge is 0.491 e. The van der Waals surface area contributed by atoms with E-state index in [0.29, 0.717) is 34.5 Å². The summed E-state index contributed by atoms with van der Waals surface area (Å²) in [6, 6.07) is 12.3. The molecule has 1 atom stereocenters. The van der Waals surface area contributed by atoms with E-state index in [-0.39, 0.29) is 24.5 Å². The maximum atomic E-state index is 12.5. The number of nitrogens with zero attached hydrogens (tertiary/aromatic N) is 2. The molecule has 2 aromatic carbocycles. The van der Waals surface area contributed by atoms with Crippen molar-refractivity contribution in [2.24, 2.45) is 0 Å².